The molecule has 0 aliphatic heterocycles. The molecule has 20 heavy (non-hydrogen) atoms. The lowest BCUT2D eigenvalue weighted by Gasteiger charge is -2.05. The summed E-state index contributed by atoms with van der Waals surface area (Å²) < 4.78 is 0. The molecule has 128 valence electrons. The lowest BCUT2D eigenvalue weighted by Crippen LogP contribution is -1.85. The van der Waals surface area contributed by atoms with Crippen molar-refractivity contribution in [3.8, 4) is 12.8 Å². The van der Waals surface area contributed by atoms with Gasteiger partial charge in [0, 0.05) is 0 Å². The highest BCUT2D eigenvalue weighted by atomic mass is 14.0. The minimum absolute atomic E-state index is 0. The summed E-state index contributed by atoms with van der Waals surface area (Å²) in [6.07, 6.45) is 17.8. The van der Waals surface area contributed by atoms with Crippen molar-refractivity contribution in [2.45, 2.75) is 115 Å². The maximum Gasteiger partial charge on any atom is -0.0474 e. The fourth-order valence-corrected chi connectivity index (χ4v) is 0.250. The highest BCUT2D eigenvalue weighted by Crippen LogP contribution is 2.15. The standard InChI is InChI=1S/C5H12.C4H8.2C3H8.C2H6.C2H2.CH4/c1-4-5(2)3;1-2-4-3-1;2*1-3-2;2*1-2;/h5H,4H2,1-3H3;1-4H2;2*3H2,1-2H3;1-2H3;1-2H;1H4. The van der Waals surface area contributed by atoms with Gasteiger partial charge in [0.25, 0.3) is 0 Å². The lowest BCUT2D eigenvalue weighted by molar-refractivity contribution is 0.504. The van der Waals surface area contributed by atoms with Crippen LogP contribution in [0.2, 0.25) is 0 Å². The normalized spacial score (nSPS) is 9.40. The average Bonchev–Trinajstić information content (AvgIpc) is 2.34. The molecule has 0 aromatic carbocycles. The van der Waals surface area contributed by atoms with Crippen LogP contribution in [0.1, 0.15) is 115 Å². The van der Waals surface area contributed by atoms with E-state index in [0.717, 1.165) is 5.92 Å². The molecule has 1 fully saturated rings. The largest absolute Gasteiger partial charge is 0.124 e. The van der Waals surface area contributed by atoms with Crippen LogP contribution in [0, 0.1) is 18.8 Å². The Bertz CT molecular complexity index is 79.5. The lowest BCUT2D eigenvalue weighted by atomic mass is 10.0. The Morgan fingerprint density at radius 3 is 0.800 bits per heavy atom. The van der Waals surface area contributed by atoms with Crippen LogP contribution < -0.4 is 0 Å². The zero-order valence-electron chi connectivity index (χ0n) is 15.7. The van der Waals surface area contributed by atoms with Crippen molar-refractivity contribution in [1.82, 2.24) is 0 Å². The van der Waals surface area contributed by atoms with Crippen molar-refractivity contribution in [2.75, 3.05) is 0 Å². The van der Waals surface area contributed by atoms with E-state index in [1.54, 1.807) is 0 Å². The van der Waals surface area contributed by atoms with Crippen LogP contribution in [0.5, 0.6) is 0 Å². The molecule has 0 amide bonds. The molecule has 1 aliphatic rings. The summed E-state index contributed by atoms with van der Waals surface area (Å²) in [6.45, 7) is 19.1. The van der Waals surface area contributed by atoms with E-state index in [1.807, 2.05) is 13.8 Å². The van der Waals surface area contributed by atoms with E-state index in [1.165, 1.54) is 44.9 Å². The highest BCUT2D eigenvalue weighted by molar-refractivity contribution is 4.50. The smallest absolute Gasteiger partial charge is 0.0474 e. The quantitative estimate of drug-likeness (QED) is 0.425. The summed E-state index contributed by atoms with van der Waals surface area (Å²) in [5.41, 5.74) is 0. The Kier molecular flexibility index (Phi) is 115. The van der Waals surface area contributed by atoms with Crippen LogP contribution in [-0.4, -0.2) is 0 Å². The van der Waals surface area contributed by atoms with Crippen molar-refractivity contribution in [3.63, 3.8) is 0 Å². The van der Waals surface area contributed by atoms with Crippen molar-refractivity contribution in [1.29, 1.82) is 0 Å². The molecular weight excluding hydrogens is 240 g/mol. The monoisotopic (exact) mass is 288 g/mol. The zero-order valence-corrected chi connectivity index (χ0v) is 15.7. The van der Waals surface area contributed by atoms with Gasteiger partial charge < -0.3 is 0 Å². The Balaban J connectivity index is -0.0000000302. The summed E-state index contributed by atoms with van der Waals surface area (Å²) >= 11 is 0. The molecular formula is C20H48. The van der Waals surface area contributed by atoms with Gasteiger partial charge in [-0.3, -0.25) is 0 Å². The number of hydrogen-bond donors (Lipinski definition) is 0. The van der Waals surface area contributed by atoms with Crippen LogP contribution in [0.4, 0.5) is 0 Å². The first-order chi connectivity index (χ1) is 9.10. The van der Waals surface area contributed by atoms with Gasteiger partial charge in [-0.15, -0.1) is 12.8 Å². The third-order valence-electron chi connectivity index (χ3n) is 1.82. The van der Waals surface area contributed by atoms with Crippen LogP contribution in [0.3, 0.4) is 0 Å². The summed E-state index contributed by atoms with van der Waals surface area (Å²) in [5.74, 6) is 0.884. The molecule has 0 saturated heterocycles. The van der Waals surface area contributed by atoms with Crippen molar-refractivity contribution >= 4 is 0 Å². The summed E-state index contributed by atoms with van der Waals surface area (Å²) in [7, 11) is 0. The summed E-state index contributed by atoms with van der Waals surface area (Å²) in [5, 5.41) is 0. The molecule has 1 rings (SSSR count). The van der Waals surface area contributed by atoms with Gasteiger partial charge in [0.2, 0.25) is 0 Å². The molecule has 0 atom stereocenters. The number of rotatable bonds is 1. The molecule has 0 bridgehead atoms. The van der Waals surface area contributed by atoms with Gasteiger partial charge in [0.1, 0.15) is 0 Å². The van der Waals surface area contributed by atoms with E-state index in [0.29, 0.717) is 0 Å². The molecule has 0 heterocycles. The van der Waals surface area contributed by atoms with Crippen LogP contribution >= 0.6 is 0 Å². The van der Waals surface area contributed by atoms with Gasteiger partial charge in [-0.05, 0) is 5.92 Å². The predicted molar refractivity (Wildman–Crippen MR) is 103 cm³/mol. The third kappa shape index (κ3) is 156. The minimum atomic E-state index is 0. The van der Waals surface area contributed by atoms with Crippen LogP contribution in [-0.2, 0) is 0 Å². The second kappa shape index (κ2) is 62.6. The molecule has 0 aromatic rings. The fraction of sp³-hybridized carbons (Fsp3) is 0.900. The molecule has 1 aliphatic carbocycles. The Hall–Kier alpha value is -0.440. The Labute approximate surface area is 134 Å². The van der Waals surface area contributed by atoms with Crippen molar-refractivity contribution in [3.05, 3.63) is 0 Å². The third-order valence-corrected chi connectivity index (χ3v) is 1.82. The van der Waals surface area contributed by atoms with Crippen LogP contribution in [0.25, 0.3) is 0 Å². The highest BCUT2D eigenvalue weighted by Gasteiger charge is 1.95. The van der Waals surface area contributed by atoms with E-state index < -0.39 is 0 Å². The predicted octanol–water partition coefficient (Wildman–Crippen LogP) is 8.36. The van der Waals surface area contributed by atoms with Gasteiger partial charge in [-0.25, -0.2) is 0 Å². The first kappa shape index (κ1) is 36.6. The second-order valence-electron chi connectivity index (χ2n) is 4.63. The van der Waals surface area contributed by atoms with Gasteiger partial charge in [-0.1, -0.05) is 115 Å². The van der Waals surface area contributed by atoms with Crippen LogP contribution in [0.15, 0.2) is 0 Å². The molecule has 0 heteroatoms. The van der Waals surface area contributed by atoms with E-state index in [9.17, 15) is 0 Å². The van der Waals surface area contributed by atoms with Gasteiger partial charge >= 0.3 is 0 Å². The van der Waals surface area contributed by atoms with E-state index in [-0.39, 0.29) is 7.43 Å². The maximum absolute atomic E-state index is 4.00. The van der Waals surface area contributed by atoms with Crippen molar-refractivity contribution < 1.29 is 0 Å². The van der Waals surface area contributed by atoms with Gasteiger partial charge in [0.15, 0.2) is 0 Å². The molecule has 0 unspecified atom stereocenters. The number of hydrogen-bond acceptors (Lipinski definition) is 0. The summed E-state index contributed by atoms with van der Waals surface area (Å²) in [4.78, 5) is 0. The van der Waals surface area contributed by atoms with E-state index in [4.69, 9.17) is 0 Å². The molecule has 0 nitrogen and oxygen atoms in total. The first-order valence-electron chi connectivity index (χ1n) is 8.43. The van der Waals surface area contributed by atoms with Gasteiger partial charge in [0.05, 0.1) is 0 Å². The molecule has 0 N–H and O–H groups in total. The van der Waals surface area contributed by atoms with E-state index >= 15 is 0 Å². The molecule has 1 saturated carbocycles. The number of terminal acetylenes is 1. The minimum Gasteiger partial charge on any atom is -0.124 e. The van der Waals surface area contributed by atoms with Gasteiger partial charge in [-0.2, -0.15) is 0 Å². The topological polar surface area (TPSA) is 0 Å². The molecule has 0 spiro atoms. The van der Waals surface area contributed by atoms with E-state index in [2.05, 4.69) is 61.3 Å². The zero-order chi connectivity index (χ0) is 16.5. The fourth-order valence-electron chi connectivity index (χ4n) is 0.250. The first-order valence-corrected chi connectivity index (χ1v) is 8.43. The average molecular weight is 289 g/mol. The van der Waals surface area contributed by atoms with Crippen molar-refractivity contribution in [2.24, 2.45) is 5.92 Å². The Morgan fingerprint density at radius 2 is 0.800 bits per heavy atom. The molecule has 0 radical (unpaired) electrons. The SMILES string of the molecule is C.C#C.C1CCC1.CC.CCC.CCC.CCC(C)C. The second-order valence-corrected chi connectivity index (χ2v) is 4.63. The summed E-state index contributed by atoms with van der Waals surface area (Å²) in [6, 6.07) is 0. The maximum atomic E-state index is 4.00. The Morgan fingerprint density at radius 1 is 0.700 bits per heavy atom. The molecule has 0 aromatic heterocycles.